The van der Waals surface area contributed by atoms with Crippen molar-refractivity contribution in [3.63, 3.8) is 0 Å². The summed E-state index contributed by atoms with van der Waals surface area (Å²) in [5, 5.41) is 14.8. The van der Waals surface area contributed by atoms with E-state index in [9.17, 15) is 4.79 Å². The molecule has 158 valence electrons. The van der Waals surface area contributed by atoms with Crippen LogP contribution in [0.1, 0.15) is 18.9 Å². The van der Waals surface area contributed by atoms with Crippen molar-refractivity contribution in [3.05, 3.63) is 59.7 Å². The zero-order valence-electron chi connectivity index (χ0n) is 17.3. The molecule has 0 fully saturated rings. The number of aryl methyl sites for hydroxylation is 1. The summed E-state index contributed by atoms with van der Waals surface area (Å²) in [7, 11) is 0. The monoisotopic (exact) mass is 450 g/mol. The van der Waals surface area contributed by atoms with E-state index in [0.717, 1.165) is 40.8 Å². The summed E-state index contributed by atoms with van der Waals surface area (Å²) in [6, 6.07) is 12.0. The minimum absolute atomic E-state index is 0.119. The Hall–Kier alpha value is -3.04. The summed E-state index contributed by atoms with van der Waals surface area (Å²) < 4.78 is 2.05. The molecule has 0 radical (unpaired) electrons. The zero-order valence-corrected chi connectivity index (χ0v) is 18.9. The van der Waals surface area contributed by atoms with Crippen LogP contribution in [-0.4, -0.2) is 36.4 Å². The van der Waals surface area contributed by atoms with Crippen LogP contribution in [0.3, 0.4) is 0 Å². The minimum Gasteiger partial charge on any atom is -0.302 e. The average Bonchev–Trinajstić information content (AvgIpc) is 3.41. The Bertz CT molecular complexity index is 1150. The molecular weight excluding hydrogens is 428 g/mol. The molecule has 0 aliphatic heterocycles. The Labute approximate surface area is 189 Å². The second kappa shape index (κ2) is 9.84. The maximum Gasteiger partial charge on any atom is 0.236 e. The van der Waals surface area contributed by atoms with Gasteiger partial charge in [0.25, 0.3) is 0 Å². The zero-order chi connectivity index (χ0) is 21.6. The summed E-state index contributed by atoms with van der Waals surface area (Å²) in [5.41, 5.74) is 4.05. The molecule has 0 atom stereocenters. The summed E-state index contributed by atoms with van der Waals surface area (Å²) in [6.45, 7) is 4.93. The third kappa shape index (κ3) is 5.18. The van der Waals surface area contributed by atoms with E-state index < -0.39 is 0 Å². The van der Waals surface area contributed by atoms with Crippen LogP contribution in [0, 0.1) is 6.92 Å². The first kappa shape index (κ1) is 21.2. The molecule has 0 spiro atoms. The molecule has 9 heteroatoms. The van der Waals surface area contributed by atoms with E-state index >= 15 is 0 Å². The topological polar surface area (TPSA) is 85.6 Å². The highest BCUT2D eigenvalue weighted by Crippen LogP contribution is 2.27. The maximum atomic E-state index is 12.5. The van der Waals surface area contributed by atoms with Crippen molar-refractivity contribution in [2.45, 2.75) is 32.0 Å². The molecule has 31 heavy (non-hydrogen) atoms. The quantitative estimate of drug-likeness (QED) is 0.384. The van der Waals surface area contributed by atoms with Crippen LogP contribution >= 0.6 is 23.1 Å². The second-order valence-corrected chi connectivity index (χ2v) is 8.74. The van der Waals surface area contributed by atoms with Crippen molar-refractivity contribution in [1.82, 2.24) is 24.7 Å². The SMILES string of the molecule is CCCn1c(SCC(=O)Nc2nc(-c3ccc(C)cc3)cs2)nnc1-c1ccncc1. The highest BCUT2D eigenvalue weighted by atomic mass is 32.2. The van der Waals surface area contributed by atoms with Crippen molar-refractivity contribution < 1.29 is 4.79 Å². The van der Waals surface area contributed by atoms with E-state index in [1.165, 1.54) is 28.7 Å². The molecule has 3 heterocycles. The molecule has 7 nitrogen and oxygen atoms in total. The molecule has 1 N–H and O–H groups in total. The highest BCUT2D eigenvalue weighted by Gasteiger charge is 2.16. The van der Waals surface area contributed by atoms with Gasteiger partial charge in [-0.25, -0.2) is 4.98 Å². The number of nitrogens with zero attached hydrogens (tertiary/aromatic N) is 5. The van der Waals surface area contributed by atoms with Gasteiger partial charge in [0, 0.05) is 35.4 Å². The molecule has 0 bridgehead atoms. The lowest BCUT2D eigenvalue weighted by Crippen LogP contribution is -2.14. The number of nitrogens with one attached hydrogen (secondary N) is 1. The van der Waals surface area contributed by atoms with Crippen molar-refractivity contribution in [2.24, 2.45) is 0 Å². The molecule has 0 aliphatic carbocycles. The van der Waals surface area contributed by atoms with E-state index in [-0.39, 0.29) is 11.7 Å². The lowest BCUT2D eigenvalue weighted by molar-refractivity contribution is -0.113. The first-order valence-electron chi connectivity index (χ1n) is 9.93. The number of hydrogen-bond donors (Lipinski definition) is 1. The van der Waals surface area contributed by atoms with Crippen LogP contribution in [0.15, 0.2) is 59.3 Å². The molecule has 0 saturated heterocycles. The van der Waals surface area contributed by atoms with Crippen LogP contribution in [0.5, 0.6) is 0 Å². The molecule has 0 saturated carbocycles. The Morgan fingerprint density at radius 1 is 1.10 bits per heavy atom. The number of aromatic nitrogens is 5. The highest BCUT2D eigenvalue weighted by molar-refractivity contribution is 7.99. The van der Waals surface area contributed by atoms with E-state index in [1.807, 2.05) is 34.2 Å². The van der Waals surface area contributed by atoms with Gasteiger partial charge in [-0.2, -0.15) is 0 Å². The van der Waals surface area contributed by atoms with E-state index in [0.29, 0.717) is 5.13 Å². The fourth-order valence-corrected chi connectivity index (χ4v) is 4.51. The Balaban J connectivity index is 1.40. The van der Waals surface area contributed by atoms with Gasteiger partial charge in [0.15, 0.2) is 16.1 Å². The number of hydrogen-bond acceptors (Lipinski definition) is 7. The standard InChI is InChI=1S/C22H22N6OS2/c1-3-12-28-20(17-8-10-23-11-9-17)26-27-22(28)31-14-19(29)25-21-24-18(13-30-21)16-6-4-15(2)5-7-16/h4-11,13H,3,12,14H2,1-2H3,(H,24,25,29). The smallest absolute Gasteiger partial charge is 0.236 e. The lowest BCUT2D eigenvalue weighted by atomic mass is 10.1. The van der Waals surface area contributed by atoms with Crippen molar-refractivity contribution in [1.29, 1.82) is 0 Å². The van der Waals surface area contributed by atoms with E-state index in [2.05, 4.69) is 51.5 Å². The van der Waals surface area contributed by atoms with Crippen LogP contribution in [0.2, 0.25) is 0 Å². The maximum absolute atomic E-state index is 12.5. The molecule has 1 amide bonds. The third-order valence-corrected chi connectivity index (χ3v) is 6.26. The van der Waals surface area contributed by atoms with Crippen molar-refractivity contribution in [2.75, 3.05) is 11.1 Å². The summed E-state index contributed by atoms with van der Waals surface area (Å²) in [6.07, 6.45) is 4.41. The molecule has 4 rings (SSSR count). The van der Waals surface area contributed by atoms with Crippen LogP contribution in [0.4, 0.5) is 5.13 Å². The molecule has 0 unspecified atom stereocenters. The number of benzene rings is 1. The van der Waals surface area contributed by atoms with Gasteiger partial charge in [0.2, 0.25) is 5.91 Å². The Morgan fingerprint density at radius 3 is 2.61 bits per heavy atom. The summed E-state index contributed by atoms with van der Waals surface area (Å²) in [4.78, 5) is 21.1. The number of anilines is 1. The minimum atomic E-state index is -0.119. The van der Waals surface area contributed by atoms with E-state index in [1.54, 1.807) is 12.4 Å². The van der Waals surface area contributed by atoms with Crippen LogP contribution in [-0.2, 0) is 11.3 Å². The fraction of sp³-hybridized carbons (Fsp3) is 0.227. The fourth-order valence-electron chi connectivity index (χ4n) is 3.01. The Kier molecular flexibility index (Phi) is 6.73. The van der Waals surface area contributed by atoms with Crippen LogP contribution in [0.25, 0.3) is 22.6 Å². The molecule has 4 aromatic rings. The van der Waals surface area contributed by atoms with Gasteiger partial charge in [-0.3, -0.25) is 9.78 Å². The van der Waals surface area contributed by atoms with Crippen molar-refractivity contribution in [3.8, 4) is 22.6 Å². The average molecular weight is 451 g/mol. The number of carbonyl (C=O) groups is 1. The molecule has 1 aromatic carbocycles. The molecule has 3 aromatic heterocycles. The molecular formula is C22H22N6OS2. The number of pyridine rings is 1. The van der Waals surface area contributed by atoms with Gasteiger partial charge in [0.05, 0.1) is 11.4 Å². The second-order valence-electron chi connectivity index (χ2n) is 6.93. The van der Waals surface area contributed by atoms with Gasteiger partial charge >= 0.3 is 0 Å². The van der Waals surface area contributed by atoms with Crippen molar-refractivity contribution >= 4 is 34.1 Å². The van der Waals surface area contributed by atoms with E-state index in [4.69, 9.17) is 0 Å². The summed E-state index contributed by atoms with van der Waals surface area (Å²) >= 11 is 2.79. The largest absolute Gasteiger partial charge is 0.302 e. The number of thioether (sulfide) groups is 1. The predicted molar refractivity (Wildman–Crippen MR) is 125 cm³/mol. The Morgan fingerprint density at radius 2 is 1.87 bits per heavy atom. The first-order chi connectivity index (χ1) is 15.1. The van der Waals surface area contributed by atoms with Gasteiger partial charge in [-0.1, -0.05) is 48.5 Å². The predicted octanol–water partition coefficient (Wildman–Crippen LogP) is 4.91. The van der Waals surface area contributed by atoms with Crippen LogP contribution < -0.4 is 5.32 Å². The lowest BCUT2D eigenvalue weighted by Gasteiger charge is -2.08. The van der Waals surface area contributed by atoms with Gasteiger partial charge in [-0.15, -0.1) is 21.5 Å². The molecule has 0 aliphatic rings. The normalized spacial score (nSPS) is 10.9. The number of thiazole rings is 1. The number of rotatable bonds is 8. The van der Waals surface area contributed by atoms with Gasteiger partial charge in [0.1, 0.15) is 0 Å². The third-order valence-electron chi connectivity index (χ3n) is 4.53. The van der Waals surface area contributed by atoms with Gasteiger partial charge in [-0.05, 0) is 25.5 Å². The number of carbonyl (C=O) groups excluding carboxylic acids is 1. The number of amides is 1. The summed E-state index contributed by atoms with van der Waals surface area (Å²) in [5.74, 6) is 0.901. The van der Waals surface area contributed by atoms with Gasteiger partial charge < -0.3 is 9.88 Å². The first-order valence-corrected chi connectivity index (χ1v) is 11.8.